The van der Waals surface area contributed by atoms with E-state index in [1.54, 1.807) is 0 Å². The summed E-state index contributed by atoms with van der Waals surface area (Å²) in [6, 6.07) is 0.200. The first-order valence-electron chi connectivity index (χ1n) is 7.24. The van der Waals surface area contributed by atoms with E-state index >= 15 is 0 Å². The number of carbonyl (C=O) groups excluding carboxylic acids is 2. The van der Waals surface area contributed by atoms with Gasteiger partial charge in [0.15, 0.2) is 0 Å². The number of ether oxygens (including phenoxy) is 1. The third kappa shape index (κ3) is 5.88. The van der Waals surface area contributed by atoms with E-state index in [2.05, 4.69) is 19.2 Å². The monoisotopic (exact) mass is 285 g/mol. The molecule has 2 unspecified atom stereocenters. The quantitative estimate of drug-likeness (QED) is 0.642. The first-order chi connectivity index (χ1) is 9.42. The molecular formula is C14H27N3O3. The zero-order valence-electron chi connectivity index (χ0n) is 12.7. The topological polar surface area (TPSA) is 84.7 Å². The van der Waals surface area contributed by atoms with Crippen LogP contribution in [0.1, 0.15) is 26.7 Å². The third-order valence-corrected chi connectivity index (χ3v) is 3.59. The number of nitrogens with two attached hydrogens (primary N) is 1. The normalized spacial score (nSPS) is 23.8. The average Bonchev–Trinajstić information content (AvgIpc) is 2.36. The number of primary amides is 1. The van der Waals surface area contributed by atoms with Crippen LogP contribution in [0.25, 0.3) is 0 Å². The Bertz CT molecular complexity index is 334. The molecule has 0 aromatic rings. The van der Waals surface area contributed by atoms with Gasteiger partial charge in [0.05, 0.1) is 19.6 Å². The Morgan fingerprint density at radius 1 is 1.40 bits per heavy atom. The van der Waals surface area contributed by atoms with Crippen LogP contribution in [0, 0.1) is 11.8 Å². The number of hydrogen-bond donors (Lipinski definition) is 2. The van der Waals surface area contributed by atoms with Gasteiger partial charge in [-0.05, 0) is 25.3 Å². The van der Waals surface area contributed by atoms with Crippen molar-refractivity contribution in [1.29, 1.82) is 0 Å². The Hall–Kier alpha value is -1.14. The predicted molar refractivity (Wildman–Crippen MR) is 77.0 cm³/mol. The van der Waals surface area contributed by atoms with Crippen molar-refractivity contribution in [3.05, 3.63) is 0 Å². The van der Waals surface area contributed by atoms with Gasteiger partial charge in [-0.25, -0.2) is 0 Å². The van der Waals surface area contributed by atoms with Gasteiger partial charge in [0.25, 0.3) is 0 Å². The van der Waals surface area contributed by atoms with E-state index in [0.717, 1.165) is 25.9 Å². The van der Waals surface area contributed by atoms with E-state index in [9.17, 15) is 9.59 Å². The molecule has 0 aromatic heterocycles. The van der Waals surface area contributed by atoms with Crippen molar-refractivity contribution in [3.8, 4) is 0 Å². The number of esters is 1. The summed E-state index contributed by atoms with van der Waals surface area (Å²) >= 11 is 0. The molecule has 116 valence electrons. The number of nitrogens with one attached hydrogen (secondary N) is 1. The smallest absolute Gasteiger partial charge is 0.310 e. The van der Waals surface area contributed by atoms with Gasteiger partial charge in [0.1, 0.15) is 0 Å². The molecule has 0 aromatic carbocycles. The highest BCUT2D eigenvalue weighted by molar-refractivity contribution is 5.76. The molecule has 0 saturated carbocycles. The van der Waals surface area contributed by atoms with Gasteiger partial charge in [-0.3, -0.25) is 14.5 Å². The molecule has 1 heterocycles. The highest BCUT2D eigenvalue weighted by Crippen LogP contribution is 2.18. The van der Waals surface area contributed by atoms with Crippen LogP contribution in [-0.4, -0.2) is 56.1 Å². The molecule has 6 heteroatoms. The Morgan fingerprint density at radius 2 is 2.10 bits per heavy atom. The molecule has 1 rings (SSSR count). The minimum atomic E-state index is -0.364. The number of likely N-dealkylation sites (tertiary alicyclic amines) is 1. The summed E-state index contributed by atoms with van der Waals surface area (Å²) in [5.74, 6) is -0.125. The summed E-state index contributed by atoms with van der Waals surface area (Å²) in [5, 5.41) is 3.46. The van der Waals surface area contributed by atoms with Crippen LogP contribution < -0.4 is 11.1 Å². The summed E-state index contributed by atoms with van der Waals surface area (Å²) < 4.78 is 4.82. The second-order valence-electron chi connectivity index (χ2n) is 5.95. The van der Waals surface area contributed by atoms with E-state index < -0.39 is 0 Å². The minimum Gasteiger partial charge on any atom is -0.469 e. The maximum absolute atomic E-state index is 11.7. The Balaban J connectivity index is 2.54. The number of rotatable bonds is 7. The molecule has 0 spiro atoms. The second kappa shape index (κ2) is 8.21. The lowest BCUT2D eigenvalue weighted by Crippen LogP contribution is -2.53. The van der Waals surface area contributed by atoms with Crippen molar-refractivity contribution in [2.24, 2.45) is 17.6 Å². The molecule has 0 aliphatic carbocycles. The molecule has 6 nitrogen and oxygen atoms in total. The summed E-state index contributed by atoms with van der Waals surface area (Å²) in [7, 11) is 1.40. The Kier molecular flexibility index (Phi) is 6.95. The molecule has 2 atom stereocenters. The van der Waals surface area contributed by atoms with Gasteiger partial charge in [-0.2, -0.15) is 0 Å². The van der Waals surface area contributed by atoms with Crippen LogP contribution in [0.3, 0.4) is 0 Å². The SMILES string of the molecule is COC(=O)C1CC(NCCC(C)C)CN(CC(N)=O)C1. The molecular weight excluding hydrogens is 258 g/mol. The van der Waals surface area contributed by atoms with E-state index in [1.165, 1.54) is 7.11 Å². The highest BCUT2D eigenvalue weighted by Gasteiger charge is 2.32. The van der Waals surface area contributed by atoms with Crippen LogP contribution >= 0.6 is 0 Å². The second-order valence-corrected chi connectivity index (χ2v) is 5.95. The average molecular weight is 285 g/mol. The van der Waals surface area contributed by atoms with Gasteiger partial charge >= 0.3 is 5.97 Å². The van der Waals surface area contributed by atoms with Crippen molar-refractivity contribution >= 4 is 11.9 Å². The Morgan fingerprint density at radius 3 is 2.65 bits per heavy atom. The number of methoxy groups -OCH3 is 1. The fourth-order valence-corrected chi connectivity index (χ4v) is 2.60. The minimum absolute atomic E-state index is 0.190. The number of hydrogen-bond acceptors (Lipinski definition) is 5. The zero-order valence-corrected chi connectivity index (χ0v) is 12.7. The fraction of sp³-hybridized carbons (Fsp3) is 0.857. The van der Waals surface area contributed by atoms with Crippen LogP contribution in [0.2, 0.25) is 0 Å². The molecule has 3 N–H and O–H groups in total. The Labute approximate surface area is 121 Å². The number of nitrogens with zero attached hydrogens (tertiary/aromatic N) is 1. The van der Waals surface area contributed by atoms with Gasteiger partial charge in [0, 0.05) is 19.1 Å². The van der Waals surface area contributed by atoms with Gasteiger partial charge in [-0.15, -0.1) is 0 Å². The summed E-state index contributed by atoms with van der Waals surface area (Å²) in [5.41, 5.74) is 5.25. The van der Waals surface area contributed by atoms with Crippen molar-refractivity contribution < 1.29 is 14.3 Å². The molecule has 0 bridgehead atoms. The van der Waals surface area contributed by atoms with Crippen LogP contribution in [0.5, 0.6) is 0 Å². The molecule has 20 heavy (non-hydrogen) atoms. The van der Waals surface area contributed by atoms with Crippen molar-refractivity contribution in [1.82, 2.24) is 10.2 Å². The number of piperidine rings is 1. The molecule has 1 amide bonds. The van der Waals surface area contributed by atoms with Gasteiger partial charge in [-0.1, -0.05) is 13.8 Å². The largest absolute Gasteiger partial charge is 0.469 e. The van der Waals surface area contributed by atoms with Crippen molar-refractivity contribution in [3.63, 3.8) is 0 Å². The van der Waals surface area contributed by atoms with E-state index in [4.69, 9.17) is 10.5 Å². The maximum atomic E-state index is 11.7. The summed E-state index contributed by atoms with van der Waals surface area (Å²) in [6.45, 7) is 6.75. The molecule has 1 fully saturated rings. The fourth-order valence-electron chi connectivity index (χ4n) is 2.60. The standard InChI is InChI=1S/C14H27N3O3/c1-10(2)4-5-16-12-6-11(14(19)20-3)7-17(8-12)9-13(15)18/h10-12,16H,4-9H2,1-3H3,(H2,15,18). The first kappa shape index (κ1) is 16.9. The van der Waals surface area contributed by atoms with Crippen LogP contribution in [0.15, 0.2) is 0 Å². The zero-order chi connectivity index (χ0) is 15.1. The predicted octanol–water partition coefficient (Wildman–Crippen LogP) is -0.0291. The van der Waals surface area contributed by atoms with Crippen LogP contribution in [-0.2, 0) is 14.3 Å². The lowest BCUT2D eigenvalue weighted by atomic mass is 9.94. The molecule has 0 radical (unpaired) electrons. The lowest BCUT2D eigenvalue weighted by Gasteiger charge is -2.36. The summed E-state index contributed by atoms with van der Waals surface area (Å²) in [6.07, 6.45) is 1.84. The van der Waals surface area contributed by atoms with E-state index in [1.807, 2.05) is 4.90 Å². The van der Waals surface area contributed by atoms with Crippen LogP contribution in [0.4, 0.5) is 0 Å². The van der Waals surface area contributed by atoms with Crippen molar-refractivity contribution in [2.75, 3.05) is 33.3 Å². The van der Waals surface area contributed by atoms with E-state index in [-0.39, 0.29) is 30.4 Å². The van der Waals surface area contributed by atoms with Gasteiger partial charge in [0.2, 0.25) is 5.91 Å². The maximum Gasteiger partial charge on any atom is 0.310 e. The highest BCUT2D eigenvalue weighted by atomic mass is 16.5. The summed E-state index contributed by atoms with van der Waals surface area (Å²) in [4.78, 5) is 24.7. The van der Waals surface area contributed by atoms with E-state index in [0.29, 0.717) is 12.5 Å². The van der Waals surface area contributed by atoms with Gasteiger partial charge < -0.3 is 15.8 Å². The molecule has 1 aliphatic rings. The molecule has 1 aliphatic heterocycles. The first-order valence-corrected chi connectivity index (χ1v) is 7.24. The number of amides is 1. The molecule has 1 saturated heterocycles. The number of carbonyl (C=O) groups is 2. The lowest BCUT2D eigenvalue weighted by molar-refractivity contribution is -0.148. The van der Waals surface area contributed by atoms with Crippen molar-refractivity contribution in [2.45, 2.75) is 32.7 Å². The third-order valence-electron chi connectivity index (χ3n) is 3.59.